The van der Waals surface area contributed by atoms with Crippen molar-refractivity contribution in [2.24, 2.45) is 0 Å². The van der Waals surface area contributed by atoms with Gasteiger partial charge >= 0.3 is 0 Å². The number of aliphatic hydroxyl groups is 2. The van der Waals surface area contributed by atoms with Crippen molar-refractivity contribution in [2.45, 2.75) is 19.6 Å². The second-order valence-electron chi connectivity index (χ2n) is 4.89. The number of hydrogen-bond donors (Lipinski definition) is 2. The molecule has 1 aromatic rings. The van der Waals surface area contributed by atoms with Crippen LogP contribution in [-0.2, 0) is 6.54 Å². The van der Waals surface area contributed by atoms with Gasteiger partial charge in [0.05, 0.1) is 12.7 Å². The SMILES string of the molecule is Cc1ccc(CN(CCN(C)C)C[C@H](O)CO)s1. The molecule has 0 amide bonds. The van der Waals surface area contributed by atoms with E-state index in [2.05, 4.69) is 28.9 Å². The molecule has 0 aliphatic rings. The van der Waals surface area contributed by atoms with Gasteiger partial charge in [-0.2, -0.15) is 0 Å². The van der Waals surface area contributed by atoms with E-state index in [1.54, 1.807) is 11.3 Å². The second-order valence-corrected chi connectivity index (χ2v) is 6.26. The normalized spacial score (nSPS) is 13.5. The molecule has 4 nitrogen and oxygen atoms in total. The summed E-state index contributed by atoms with van der Waals surface area (Å²) in [5, 5.41) is 18.5. The Kier molecular flexibility index (Phi) is 6.81. The molecule has 1 aromatic heterocycles. The van der Waals surface area contributed by atoms with Gasteiger partial charge in [-0.3, -0.25) is 4.90 Å². The Hall–Kier alpha value is -0.460. The van der Waals surface area contributed by atoms with E-state index >= 15 is 0 Å². The fourth-order valence-electron chi connectivity index (χ4n) is 1.72. The molecule has 2 N–H and O–H groups in total. The monoisotopic (exact) mass is 272 g/mol. The van der Waals surface area contributed by atoms with Gasteiger partial charge in [-0.25, -0.2) is 0 Å². The van der Waals surface area contributed by atoms with Crippen LogP contribution >= 0.6 is 11.3 Å². The van der Waals surface area contributed by atoms with Crippen LogP contribution in [0.4, 0.5) is 0 Å². The summed E-state index contributed by atoms with van der Waals surface area (Å²) in [7, 11) is 4.08. The van der Waals surface area contributed by atoms with E-state index in [1.165, 1.54) is 9.75 Å². The predicted molar refractivity (Wildman–Crippen MR) is 76.0 cm³/mol. The molecule has 0 fully saturated rings. The Balaban J connectivity index is 2.52. The lowest BCUT2D eigenvalue weighted by molar-refractivity contribution is 0.0550. The highest BCUT2D eigenvalue weighted by atomic mass is 32.1. The number of aliphatic hydroxyl groups excluding tert-OH is 2. The maximum absolute atomic E-state index is 9.57. The lowest BCUT2D eigenvalue weighted by Gasteiger charge is -2.25. The van der Waals surface area contributed by atoms with Gasteiger partial charge in [-0.1, -0.05) is 0 Å². The van der Waals surface area contributed by atoms with Crippen LogP contribution in [-0.4, -0.2) is 66.5 Å². The minimum absolute atomic E-state index is 0.179. The maximum atomic E-state index is 9.57. The van der Waals surface area contributed by atoms with E-state index in [-0.39, 0.29) is 6.61 Å². The fourth-order valence-corrected chi connectivity index (χ4v) is 2.66. The first-order valence-electron chi connectivity index (χ1n) is 6.22. The topological polar surface area (TPSA) is 46.9 Å². The lowest BCUT2D eigenvalue weighted by Crippen LogP contribution is -2.37. The molecule has 0 aliphatic heterocycles. The summed E-state index contributed by atoms with van der Waals surface area (Å²) in [5.41, 5.74) is 0. The number of hydrogen-bond acceptors (Lipinski definition) is 5. The van der Waals surface area contributed by atoms with Crippen LogP contribution in [0.15, 0.2) is 12.1 Å². The Labute approximate surface area is 113 Å². The summed E-state index contributed by atoms with van der Waals surface area (Å²) < 4.78 is 0. The van der Waals surface area contributed by atoms with Crippen LogP contribution in [0.1, 0.15) is 9.75 Å². The molecule has 0 radical (unpaired) electrons. The van der Waals surface area contributed by atoms with Crippen molar-refractivity contribution in [1.82, 2.24) is 9.80 Å². The van der Waals surface area contributed by atoms with Gasteiger partial charge < -0.3 is 15.1 Å². The van der Waals surface area contributed by atoms with Crippen molar-refractivity contribution in [3.05, 3.63) is 21.9 Å². The standard InChI is InChI=1S/C13H24N2O2S/c1-11-4-5-13(18-11)9-15(7-6-14(2)3)8-12(17)10-16/h4-5,12,16-17H,6-10H2,1-3H3/t12-/m0/s1. The molecule has 104 valence electrons. The van der Waals surface area contributed by atoms with Crippen molar-refractivity contribution < 1.29 is 10.2 Å². The highest BCUT2D eigenvalue weighted by molar-refractivity contribution is 7.11. The molecule has 1 rings (SSSR count). The van der Waals surface area contributed by atoms with Crippen molar-refractivity contribution in [2.75, 3.05) is 40.3 Å². The van der Waals surface area contributed by atoms with E-state index in [4.69, 9.17) is 5.11 Å². The van der Waals surface area contributed by atoms with Gasteiger partial charge in [0.2, 0.25) is 0 Å². The molecule has 0 bridgehead atoms. The molecule has 0 saturated heterocycles. The van der Waals surface area contributed by atoms with Gasteiger partial charge in [-0.05, 0) is 33.2 Å². The smallest absolute Gasteiger partial charge is 0.0897 e. The maximum Gasteiger partial charge on any atom is 0.0897 e. The van der Waals surface area contributed by atoms with Crippen LogP contribution in [0.5, 0.6) is 0 Å². The third-order valence-corrected chi connectivity index (χ3v) is 3.70. The van der Waals surface area contributed by atoms with Crippen LogP contribution in [0.3, 0.4) is 0 Å². The second kappa shape index (κ2) is 7.86. The van der Waals surface area contributed by atoms with Crippen molar-refractivity contribution in [3.8, 4) is 0 Å². The van der Waals surface area contributed by atoms with E-state index in [9.17, 15) is 5.11 Å². The molecular formula is C13H24N2O2S. The predicted octanol–water partition coefficient (Wildman–Crippen LogP) is 0.773. The minimum Gasteiger partial charge on any atom is -0.394 e. The summed E-state index contributed by atoms with van der Waals surface area (Å²) in [6.45, 7) is 5.11. The van der Waals surface area contributed by atoms with Gasteiger partial charge in [0.25, 0.3) is 0 Å². The first-order valence-corrected chi connectivity index (χ1v) is 7.04. The average Bonchev–Trinajstić information content (AvgIpc) is 2.71. The third-order valence-electron chi connectivity index (χ3n) is 2.72. The van der Waals surface area contributed by atoms with Crippen LogP contribution in [0, 0.1) is 6.92 Å². The Morgan fingerprint density at radius 1 is 1.28 bits per heavy atom. The zero-order valence-corrected chi connectivity index (χ0v) is 12.3. The minimum atomic E-state index is -0.659. The average molecular weight is 272 g/mol. The highest BCUT2D eigenvalue weighted by Gasteiger charge is 2.12. The van der Waals surface area contributed by atoms with Crippen molar-refractivity contribution in [3.63, 3.8) is 0 Å². The summed E-state index contributed by atoms with van der Waals surface area (Å²) in [6, 6.07) is 4.25. The van der Waals surface area contributed by atoms with Gasteiger partial charge in [0.15, 0.2) is 0 Å². The van der Waals surface area contributed by atoms with Crippen molar-refractivity contribution >= 4 is 11.3 Å². The Morgan fingerprint density at radius 2 is 2.00 bits per heavy atom. The Morgan fingerprint density at radius 3 is 2.50 bits per heavy atom. The molecule has 1 atom stereocenters. The third kappa shape index (κ3) is 5.93. The summed E-state index contributed by atoms with van der Waals surface area (Å²) in [4.78, 5) is 6.92. The van der Waals surface area contributed by atoms with Gasteiger partial charge in [0, 0.05) is 35.9 Å². The first-order chi connectivity index (χ1) is 8.51. The van der Waals surface area contributed by atoms with Gasteiger partial charge in [0.1, 0.15) is 0 Å². The molecule has 18 heavy (non-hydrogen) atoms. The molecule has 0 aromatic carbocycles. The number of likely N-dealkylation sites (N-methyl/N-ethyl adjacent to an activating group) is 1. The molecular weight excluding hydrogens is 248 g/mol. The van der Waals surface area contributed by atoms with E-state index in [0.717, 1.165) is 19.6 Å². The van der Waals surface area contributed by atoms with Crippen LogP contribution in [0.2, 0.25) is 0 Å². The molecule has 0 spiro atoms. The number of nitrogens with zero attached hydrogens (tertiary/aromatic N) is 2. The summed E-state index contributed by atoms with van der Waals surface area (Å²) in [5.74, 6) is 0. The lowest BCUT2D eigenvalue weighted by atomic mass is 10.3. The zero-order valence-electron chi connectivity index (χ0n) is 11.5. The van der Waals surface area contributed by atoms with Gasteiger partial charge in [-0.15, -0.1) is 11.3 Å². The quantitative estimate of drug-likeness (QED) is 0.734. The molecule has 5 heteroatoms. The van der Waals surface area contributed by atoms with E-state index in [0.29, 0.717) is 6.54 Å². The molecule has 1 heterocycles. The molecule has 0 aliphatic carbocycles. The first kappa shape index (κ1) is 15.6. The zero-order chi connectivity index (χ0) is 13.5. The Bertz CT molecular complexity index is 341. The molecule has 0 unspecified atom stereocenters. The van der Waals surface area contributed by atoms with E-state index in [1.807, 2.05) is 14.1 Å². The summed E-state index contributed by atoms with van der Waals surface area (Å²) in [6.07, 6.45) is -0.659. The van der Waals surface area contributed by atoms with E-state index < -0.39 is 6.10 Å². The largest absolute Gasteiger partial charge is 0.394 e. The highest BCUT2D eigenvalue weighted by Crippen LogP contribution is 2.17. The fraction of sp³-hybridized carbons (Fsp3) is 0.692. The van der Waals surface area contributed by atoms with Crippen LogP contribution in [0.25, 0.3) is 0 Å². The number of rotatable bonds is 8. The van der Waals surface area contributed by atoms with Crippen LogP contribution < -0.4 is 0 Å². The number of thiophene rings is 1. The van der Waals surface area contributed by atoms with Crippen molar-refractivity contribution in [1.29, 1.82) is 0 Å². The summed E-state index contributed by atoms with van der Waals surface area (Å²) >= 11 is 1.79. The number of aryl methyl sites for hydroxylation is 1. The molecule has 0 saturated carbocycles.